The Balaban J connectivity index is 2.12. The highest BCUT2D eigenvalue weighted by molar-refractivity contribution is 7.89. The summed E-state index contributed by atoms with van der Waals surface area (Å²) in [7, 11) is -4.78. The molecule has 2 aromatic heterocycles. The van der Waals surface area contributed by atoms with Crippen molar-refractivity contribution in [3.05, 3.63) is 48.2 Å². The standard InChI is InChI=1S/C16H11F3N6O2S/c17-16(18,19)11-3-2-10(8-1-4-12-9(7-8)5-6-21-12)13(14(11)28(20,26)27)15-22-24-25-23-15/h1-7,21H,(H2,20,26,27)(H,22,23,24,25). The van der Waals surface area contributed by atoms with Crippen LogP contribution in [0.5, 0.6) is 0 Å². The van der Waals surface area contributed by atoms with Crippen LogP contribution in [0.4, 0.5) is 13.2 Å². The van der Waals surface area contributed by atoms with Gasteiger partial charge in [0.25, 0.3) is 0 Å². The molecular formula is C16H11F3N6O2S. The van der Waals surface area contributed by atoms with E-state index < -0.39 is 26.7 Å². The van der Waals surface area contributed by atoms with Gasteiger partial charge in [-0.3, -0.25) is 0 Å². The number of nitrogens with one attached hydrogen (secondary N) is 2. The van der Waals surface area contributed by atoms with Crippen LogP contribution in [0.15, 0.2) is 47.5 Å². The first-order chi connectivity index (χ1) is 13.2. The fraction of sp³-hybridized carbons (Fsp3) is 0.0625. The molecule has 0 amide bonds. The number of nitrogens with two attached hydrogens (primary N) is 1. The van der Waals surface area contributed by atoms with Crippen molar-refractivity contribution in [1.82, 2.24) is 25.6 Å². The summed E-state index contributed by atoms with van der Waals surface area (Å²) in [5.74, 6) is -0.320. The van der Waals surface area contributed by atoms with Crippen LogP contribution in [0.1, 0.15) is 5.56 Å². The van der Waals surface area contributed by atoms with E-state index in [2.05, 4.69) is 25.6 Å². The maximum atomic E-state index is 13.5. The molecule has 0 spiro atoms. The molecule has 4 rings (SSSR count). The van der Waals surface area contributed by atoms with Crippen LogP contribution in [0.25, 0.3) is 33.4 Å². The lowest BCUT2D eigenvalue weighted by atomic mass is 9.95. The van der Waals surface area contributed by atoms with Gasteiger partial charge in [-0.15, -0.1) is 10.2 Å². The normalized spacial score (nSPS) is 12.6. The smallest absolute Gasteiger partial charge is 0.361 e. The second-order valence-electron chi connectivity index (χ2n) is 5.92. The van der Waals surface area contributed by atoms with Gasteiger partial charge in [-0.1, -0.05) is 12.1 Å². The zero-order valence-electron chi connectivity index (χ0n) is 13.8. The number of tetrazole rings is 1. The van der Waals surface area contributed by atoms with Crippen molar-refractivity contribution in [2.45, 2.75) is 11.1 Å². The van der Waals surface area contributed by atoms with Gasteiger partial charge in [-0.2, -0.15) is 18.4 Å². The molecule has 4 aromatic rings. The van der Waals surface area contributed by atoms with Crippen LogP contribution in [-0.2, 0) is 16.2 Å². The van der Waals surface area contributed by atoms with Crippen molar-refractivity contribution in [2.24, 2.45) is 5.14 Å². The predicted molar refractivity (Wildman–Crippen MR) is 93.3 cm³/mol. The molecule has 2 aromatic carbocycles. The summed E-state index contributed by atoms with van der Waals surface area (Å²) in [4.78, 5) is 1.90. The Kier molecular flexibility index (Phi) is 3.97. The number of aromatic nitrogens is 5. The van der Waals surface area contributed by atoms with E-state index in [-0.39, 0.29) is 17.0 Å². The van der Waals surface area contributed by atoms with Crippen LogP contribution in [0.3, 0.4) is 0 Å². The Morgan fingerprint density at radius 1 is 1.07 bits per heavy atom. The average molecular weight is 408 g/mol. The van der Waals surface area contributed by atoms with Crippen LogP contribution in [0.2, 0.25) is 0 Å². The first kappa shape index (κ1) is 18.1. The molecule has 12 heteroatoms. The minimum Gasteiger partial charge on any atom is -0.361 e. The van der Waals surface area contributed by atoms with Crippen LogP contribution >= 0.6 is 0 Å². The molecule has 144 valence electrons. The molecule has 8 nitrogen and oxygen atoms in total. The Bertz CT molecular complexity index is 1280. The van der Waals surface area contributed by atoms with Crippen LogP contribution < -0.4 is 5.14 Å². The van der Waals surface area contributed by atoms with E-state index in [1.165, 1.54) is 0 Å². The van der Waals surface area contributed by atoms with Crippen molar-refractivity contribution in [3.63, 3.8) is 0 Å². The third-order valence-electron chi connectivity index (χ3n) is 4.18. The van der Waals surface area contributed by atoms with E-state index in [9.17, 15) is 21.6 Å². The molecule has 0 atom stereocenters. The number of hydrogen-bond donors (Lipinski definition) is 3. The number of nitrogens with zero attached hydrogens (tertiary/aromatic N) is 3. The molecule has 0 unspecified atom stereocenters. The van der Waals surface area contributed by atoms with Gasteiger partial charge in [0.15, 0.2) is 0 Å². The lowest BCUT2D eigenvalue weighted by molar-refractivity contribution is -0.139. The Morgan fingerprint density at radius 2 is 1.86 bits per heavy atom. The molecule has 0 saturated heterocycles. The lowest BCUT2D eigenvalue weighted by Gasteiger charge is -2.17. The van der Waals surface area contributed by atoms with Gasteiger partial charge in [-0.25, -0.2) is 13.6 Å². The fourth-order valence-electron chi connectivity index (χ4n) is 3.05. The molecule has 0 saturated carbocycles. The third-order valence-corrected chi connectivity index (χ3v) is 5.17. The summed E-state index contributed by atoms with van der Waals surface area (Å²) in [6.07, 6.45) is -3.25. The minimum atomic E-state index is -4.95. The number of primary sulfonamides is 1. The number of fused-ring (bicyclic) bond motifs is 1. The third kappa shape index (κ3) is 3.01. The maximum absolute atomic E-state index is 13.5. The predicted octanol–water partition coefficient (Wildman–Crippen LogP) is 2.68. The number of benzene rings is 2. The molecule has 0 aliphatic rings. The largest absolute Gasteiger partial charge is 0.417 e. The van der Waals surface area contributed by atoms with E-state index in [1.54, 1.807) is 30.5 Å². The number of rotatable bonds is 3. The molecule has 0 aliphatic heterocycles. The fourth-order valence-corrected chi connectivity index (χ4v) is 4.03. The second-order valence-corrected chi connectivity index (χ2v) is 7.42. The van der Waals surface area contributed by atoms with E-state index in [0.29, 0.717) is 11.6 Å². The van der Waals surface area contributed by atoms with E-state index in [0.717, 1.165) is 17.0 Å². The van der Waals surface area contributed by atoms with Crippen molar-refractivity contribution in [3.8, 4) is 22.5 Å². The minimum absolute atomic E-state index is 0.168. The van der Waals surface area contributed by atoms with Crippen LogP contribution in [0, 0.1) is 0 Å². The Labute approximate surface area is 155 Å². The van der Waals surface area contributed by atoms with Gasteiger partial charge >= 0.3 is 6.18 Å². The van der Waals surface area contributed by atoms with Gasteiger partial charge in [0.2, 0.25) is 15.8 Å². The highest BCUT2D eigenvalue weighted by atomic mass is 32.2. The van der Waals surface area contributed by atoms with Gasteiger partial charge in [0, 0.05) is 11.7 Å². The van der Waals surface area contributed by atoms with E-state index in [4.69, 9.17) is 5.14 Å². The molecule has 0 bridgehead atoms. The van der Waals surface area contributed by atoms with Crippen molar-refractivity contribution in [1.29, 1.82) is 0 Å². The van der Waals surface area contributed by atoms with Gasteiger partial charge in [-0.05, 0) is 46.0 Å². The van der Waals surface area contributed by atoms with Crippen molar-refractivity contribution < 1.29 is 21.6 Å². The molecule has 0 radical (unpaired) electrons. The number of halogens is 3. The monoisotopic (exact) mass is 408 g/mol. The van der Waals surface area contributed by atoms with Crippen LogP contribution in [-0.4, -0.2) is 34.0 Å². The summed E-state index contributed by atoms with van der Waals surface area (Å²) >= 11 is 0. The highest BCUT2D eigenvalue weighted by Gasteiger charge is 2.39. The number of aromatic amines is 2. The first-order valence-corrected chi connectivity index (χ1v) is 9.29. The molecular weight excluding hydrogens is 397 g/mol. The quantitative estimate of drug-likeness (QED) is 0.480. The highest BCUT2D eigenvalue weighted by Crippen LogP contribution is 2.43. The van der Waals surface area contributed by atoms with Gasteiger partial charge in [0.05, 0.1) is 11.1 Å². The Morgan fingerprint density at radius 3 is 2.50 bits per heavy atom. The number of H-pyrrole nitrogens is 2. The Hall–Kier alpha value is -3.25. The van der Waals surface area contributed by atoms with Gasteiger partial charge < -0.3 is 4.98 Å². The molecule has 28 heavy (non-hydrogen) atoms. The number of alkyl halides is 3. The average Bonchev–Trinajstić information content (AvgIpc) is 3.29. The topological polar surface area (TPSA) is 130 Å². The summed E-state index contributed by atoms with van der Waals surface area (Å²) in [6, 6.07) is 8.68. The van der Waals surface area contributed by atoms with Gasteiger partial charge in [0.1, 0.15) is 4.90 Å². The molecule has 4 N–H and O–H groups in total. The van der Waals surface area contributed by atoms with E-state index in [1.807, 2.05) is 0 Å². The van der Waals surface area contributed by atoms with Crippen molar-refractivity contribution in [2.75, 3.05) is 0 Å². The molecule has 0 fully saturated rings. The SMILES string of the molecule is NS(=O)(=O)c1c(C(F)(F)F)ccc(-c2ccc3[nH]ccc3c2)c1-c1nn[nH]n1. The van der Waals surface area contributed by atoms with E-state index >= 15 is 0 Å². The molecule has 0 aliphatic carbocycles. The lowest BCUT2D eigenvalue weighted by Crippen LogP contribution is -2.21. The summed E-state index contributed by atoms with van der Waals surface area (Å²) in [5, 5.41) is 18.8. The summed E-state index contributed by atoms with van der Waals surface area (Å²) in [6.45, 7) is 0. The number of hydrogen-bond acceptors (Lipinski definition) is 5. The number of sulfonamides is 1. The van der Waals surface area contributed by atoms with Crippen molar-refractivity contribution >= 4 is 20.9 Å². The summed E-state index contributed by atoms with van der Waals surface area (Å²) in [5.41, 5.74) is -0.335. The first-order valence-electron chi connectivity index (χ1n) is 7.74. The molecule has 2 heterocycles. The maximum Gasteiger partial charge on any atom is 0.417 e. The second kappa shape index (κ2) is 6.14. The summed E-state index contributed by atoms with van der Waals surface area (Å²) < 4.78 is 64.9. The zero-order valence-corrected chi connectivity index (χ0v) is 14.6. The zero-order chi connectivity index (χ0) is 20.1.